The van der Waals surface area contributed by atoms with Gasteiger partial charge in [-0.05, 0) is 58.5 Å². The smallest absolute Gasteiger partial charge is 0.00921 e. The third-order valence-electron chi connectivity index (χ3n) is 7.67. The fourth-order valence-electron chi connectivity index (χ4n) is 5.08. The Hall–Kier alpha value is -0.560. The topological polar surface area (TPSA) is 3.24 Å². The number of hydrogen-bond acceptors (Lipinski definition) is 1. The van der Waals surface area contributed by atoms with Crippen molar-refractivity contribution in [3.8, 4) is 0 Å². The van der Waals surface area contributed by atoms with Crippen LogP contribution in [0.2, 0.25) is 0 Å². The fraction of sp³-hybridized carbons (Fsp3) is 0.879. The van der Waals surface area contributed by atoms with E-state index < -0.39 is 0 Å². The van der Waals surface area contributed by atoms with Crippen LogP contribution in [0.4, 0.5) is 0 Å². The number of nitrogens with zero attached hydrogens (tertiary/aromatic N) is 1. The minimum Gasteiger partial charge on any atom is -0.306 e. The van der Waals surface area contributed by atoms with Crippen molar-refractivity contribution >= 4 is 0 Å². The van der Waals surface area contributed by atoms with Gasteiger partial charge in [0.2, 0.25) is 0 Å². The molecule has 2 atom stereocenters. The van der Waals surface area contributed by atoms with E-state index in [-0.39, 0.29) is 0 Å². The van der Waals surface area contributed by atoms with Gasteiger partial charge in [-0.1, -0.05) is 148 Å². The Morgan fingerprint density at radius 1 is 0.500 bits per heavy atom. The molecule has 0 amide bonds. The van der Waals surface area contributed by atoms with Crippen LogP contribution in [0.3, 0.4) is 0 Å². The van der Waals surface area contributed by atoms with E-state index in [2.05, 4.69) is 64.1 Å². The first kappa shape index (κ1) is 33.4. The van der Waals surface area contributed by atoms with Gasteiger partial charge in [0.05, 0.1) is 0 Å². The molecule has 0 N–H and O–H groups in total. The van der Waals surface area contributed by atoms with Gasteiger partial charge in [0, 0.05) is 6.04 Å². The molecule has 0 spiro atoms. The molecule has 1 heteroatoms. The lowest BCUT2D eigenvalue weighted by molar-refractivity contribution is 0.258. The number of unbranched alkanes of at least 4 members (excludes halogenated alkanes) is 12. The monoisotopic (exact) mass is 476 g/mol. The maximum absolute atomic E-state index is 2.46. The second-order valence-corrected chi connectivity index (χ2v) is 11.0. The summed E-state index contributed by atoms with van der Waals surface area (Å²) >= 11 is 0. The van der Waals surface area contributed by atoms with Crippen molar-refractivity contribution in [2.45, 2.75) is 168 Å². The molecular weight excluding hydrogens is 410 g/mol. The lowest BCUT2D eigenvalue weighted by atomic mass is 9.92. The van der Waals surface area contributed by atoms with Gasteiger partial charge >= 0.3 is 0 Å². The second kappa shape index (κ2) is 27.0. The molecule has 0 fully saturated rings. The summed E-state index contributed by atoms with van der Waals surface area (Å²) in [5.74, 6) is 0.989. The number of hydrogen-bond donors (Lipinski definition) is 0. The van der Waals surface area contributed by atoms with Gasteiger partial charge in [0.15, 0.2) is 0 Å². The van der Waals surface area contributed by atoms with Crippen molar-refractivity contribution < 1.29 is 0 Å². The lowest BCUT2D eigenvalue weighted by Crippen LogP contribution is -2.27. The van der Waals surface area contributed by atoms with Crippen molar-refractivity contribution in [2.24, 2.45) is 5.92 Å². The van der Waals surface area contributed by atoms with Crippen LogP contribution in [-0.4, -0.2) is 25.0 Å². The average Bonchev–Trinajstić information content (AvgIpc) is 2.83. The van der Waals surface area contributed by atoms with Crippen molar-refractivity contribution in [3.63, 3.8) is 0 Å². The van der Waals surface area contributed by atoms with Crippen LogP contribution in [0, 0.1) is 5.92 Å². The average molecular weight is 476 g/mol. The molecule has 0 aromatic heterocycles. The molecule has 0 saturated carbocycles. The molecule has 0 aliphatic carbocycles. The molecule has 0 radical (unpaired) electrons. The van der Waals surface area contributed by atoms with Crippen LogP contribution in [0.25, 0.3) is 0 Å². The Balaban J connectivity index is 3.76. The summed E-state index contributed by atoms with van der Waals surface area (Å²) in [7, 11) is 4.53. The Labute approximate surface area is 217 Å². The van der Waals surface area contributed by atoms with Crippen molar-refractivity contribution in [1.29, 1.82) is 0 Å². The first-order chi connectivity index (χ1) is 16.7. The highest BCUT2D eigenvalue weighted by atomic mass is 15.1. The van der Waals surface area contributed by atoms with Crippen molar-refractivity contribution in [1.82, 2.24) is 4.90 Å². The molecule has 2 unspecified atom stereocenters. The molecule has 0 heterocycles. The summed E-state index contributed by atoms with van der Waals surface area (Å²) in [4.78, 5) is 2.46. The van der Waals surface area contributed by atoms with Gasteiger partial charge < -0.3 is 4.90 Å². The van der Waals surface area contributed by atoms with Gasteiger partial charge in [0.1, 0.15) is 0 Å². The van der Waals surface area contributed by atoms with Crippen LogP contribution in [0.15, 0.2) is 24.3 Å². The van der Waals surface area contributed by atoms with E-state index in [9.17, 15) is 0 Å². The van der Waals surface area contributed by atoms with E-state index in [4.69, 9.17) is 0 Å². The molecule has 0 aromatic rings. The molecule has 34 heavy (non-hydrogen) atoms. The lowest BCUT2D eigenvalue weighted by Gasteiger charge is -2.24. The normalized spacial score (nSPS) is 14.1. The summed E-state index contributed by atoms with van der Waals surface area (Å²) in [6.45, 7) is 6.99. The number of rotatable bonds is 26. The summed E-state index contributed by atoms with van der Waals surface area (Å²) < 4.78 is 0. The van der Waals surface area contributed by atoms with E-state index in [1.807, 2.05) is 0 Å². The highest BCUT2D eigenvalue weighted by Gasteiger charge is 2.10. The standard InChI is InChI=1S/C33H65N/c1-6-9-11-13-15-16-17-19-21-26-30-33(34(4)5)31-27-23-22-25-29-32(8-3)28-24-20-18-14-12-10-7-2/h15-16,19,21,32-33H,6-14,17-18,20,22-31H2,1-5H3. The van der Waals surface area contributed by atoms with E-state index in [0.29, 0.717) is 0 Å². The Kier molecular flexibility index (Phi) is 26.6. The Bertz CT molecular complexity index is 436. The highest BCUT2D eigenvalue weighted by molar-refractivity contribution is 4.93. The van der Waals surface area contributed by atoms with E-state index in [1.165, 1.54) is 135 Å². The Morgan fingerprint density at radius 3 is 1.56 bits per heavy atom. The predicted octanol–water partition coefficient (Wildman–Crippen LogP) is 11.3. The minimum absolute atomic E-state index is 0.745. The van der Waals surface area contributed by atoms with Crippen molar-refractivity contribution in [2.75, 3.05) is 14.1 Å². The zero-order valence-electron chi connectivity index (χ0n) is 24.5. The Morgan fingerprint density at radius 2 is 1.00 bits per heavy atom. The zero-order valence-corrected chi connectivity index (χ0v) is 24.5. The molecule has 1 nitrogen and oxygen atoms in total. The molecule has 0 aliphatic heterocycles. The maximum atomic E-state index is 2.46. The molecule has 0 bridgehead atoms. The fourth-order valence-corrected chi connectivity index (χ4v) is 5.08. The first-order valence-corrected chi connectivity index (χ1v) is 15.6. The highest BCUT2D eigenvalue weighted by Crippen LogP contribution is 2.22. The molecule has 0 saturated heterocycles. The van der Waals surface area contributed by atoms with Gasteiger partial charge in [0.25, 0.3) is 0 Å². The third kappa shape index (κ3) is 23.2. The van der Waals surface area contributed by atoms with Gasteiger partial charge in [-0.15, -0.1) is 0 Å². The summed E-state index contributed by atoms with van der Waals surface area (Å²) in [6.07, 6.45) is 40.0. The van der Waals surface area contributed by atoms with E-state index >= 15 is 0 Å². The van der Waals surface area contributed by atoms with E-state index in [0.717, 1.165) is 18.4 Å². The zero-order chi connectivity index (χ0) is 25.1. The van der Waals surface area contributed by atoms with Gasteiger partial charge in [-0.3, -0.25) is 0 Å². The summed E-state index contributed by atoms with van der Waals surface area (Å²) in [6, 6.07) is 0.745. The summed E-state index contributed by atoms with van der Waals surface area (Å²) in [5.41, 5.74) is 0. The largest absolute Gasteiger partial charge is 0.306 e. The van der Waals surface area contributed by atoms with Crippen LogP contribution in [0.5, 0.6) is 0 Å². The van der Waals surface area contributed by atoms with Gasteiger partial charge in [-0.2, -0.15) is 0 Å². The molecule has 0 rings (SSSR count). The maximum Gasteiger partial charge on any atom is 0.00921 e. The summed E-state index contributed by atoms with van der Waals surface area (Å²) in [5, 5.41) is 0. The third-order valence-corrected chi connectivity index (χ3v) is 7.67. The minimum atomic E-state index is 0.745. The van der Waals surface area contributed by atoms with Crippen LogP contribution in [-0.2, 0) is 0 Å². The van der Waals surface area contributed by atoms with Crippen LogP contribution >= 0.6 is 0 Å². The van der Waals surface area contributed by atoms with E-state index in [1.54, 1.807) is 0 Å². The number of allylic oxidation sites excluding steroid dienone is 4. The predicted molar refractivity (Wildman–Crippen MR) is 158 cm³/mol. The van der Waals surface area contributed by atoms with Crippen LogP contribution < -0.4 is 0 Å². The van der Waals surface area contributed by atoms with Gasteiger partial charge in [-0.25, -0.2) is 0 Å². The van der Waals surface area contributed by atoms with Crippen LogP contribution in [0.1, 0.15) is 162 Å². The molecule has 0 aromatic carbocycles. The molecule has 0 aliphatic rings. The quantitative estimate of drug-likeness (QED) is 0.0887. The SMILES string of the molecule is CCCCCC=CCC=CCCC(CCCCCCC(CC)CCCCCCCCC)N(C)C. The molecule has 202 valence electrons. The van der Waals surface area contributed by atoms with Crippen molar-refractivity contribution in [3.05, 3.63) is 24.3 Å². The second-order valence-electron chi connectivity index (χ2n) is 11.0. The first-order valence-electron chi connectivity index (χ1n) is 15.6. The molecular formula is C33H65N.